The number of ether oxygens (including phenoxy) is 1. The van der Waals surface area contributed by atoms with Crippen molar-refractivity contribution in [1.82, 2.24) is 15.0 Å². The summed E-state index contributed by atoms with van der Waals surface area (Å²) in [6.45, 7) is 4.97. The van der Waals surface area contributed by atoms with E-state index in [0.717, 1.165) is 0 Å². The van der Waals surface area contributed by atoms with Gasteiger partial charge in [0, 0.05) is 26.1 Å². The molecule has 2 atom stereocenters. The van der Waals surface area contributed by atoms with Gasteiger partial charge in [-0.3, -0.25) is 4.79 Å². The summed E-state index contributed by atoms with van der Waals surface area (Å²) in [4.78, 5) is 17.6. The minimum atomic E-state index is -0.240. The highest BCUT2D eigenvalue weighted by atomic mass is 16.5. The Kier molecular flexibility index (Phi) is 3.39. The lowest BCUT2D eigenvalue weighted by Gasteiger charge is -2.34. The topological polar surface area (TPSA) is 94.5 Å². The van der Waals surface area contributed by atoms with Crippen molar-refractivity contribution in [3.63, 3.8) is 0 Å². The van der Waals surface area contributed by atoms with Crippen LogP contribution < -0.4 is 5.73 Å². The van der Waals surface area contributed by atoms with Crippen LogP contribution in [0.4, 0.5) is 0 Å². The summed E-state index contributed by atoms with van der Waals surface area (Å²) in [5.41, 5.74) is 5.76. The third kappa shape index (κ3) is 2.62. The second-order valence-corrected chi connectivity index (χ2v) is 4.16. The molecule has 0 radical (unpaired) electrons. The zero-order chi connectivity index (χ0) is 12.4. The number of rotatable bonds is 2. The Bertz CT molecular complexity index is 404. The summed E-state index contributed by atoms with van der Waals surface area (Å²) in [5, 5.41) is 3.61. The van der Waals surface area contributed by atoms with Crippen molar-refractivity contribution >= 4 is 5.91 Å². The third-order valence-electron chi connectivity index (χ3n) is 2.69. The van der Waals surface area contributed by atoms with E-state index < -0.39 is 0 Å². The van der Waals surface area contributed by atoms with Gasteiger partial charge in [-0.2, -0.15) is 4.98 Å². The number of aromatic nitrogens is 2. The Morgan fingerprint density at radius 2 is 2.41 bits per heavy atom. The normalized spacial score (nSPS) is 22.5. The molecule has 2 rings (SSSR count). The number of nitrogens with zero attached hydrogens (tertiary/aromatic N) is 3. The molecule has 94 valence electrons. The van der Waals surface area contributed by atoms with E-state index in [9.17, 15) is 4.79 Å². The monoisotopic (exact) mass is 240 g/mol. The first-order valence-electron chi connectivity index (χ1n) is 5.54. The highest BCUT2D eigenvalue weighted by molar-refractivity contribution is 5.90. The van der Waals surface area contributed by atoms with Gasteiger partial charge in [0.1, 0.15) is 0 Å². The van der Waals surface area contributed by atoms with Crippen LogP contribution in [0.15, 0.2) is 4.52 Å². The maximum atomic E-state index is 12.0. The van der Waals surface area contributed by atoms with Crippen molar-refractivity contribution in [3.8, 4) is 0 Å². The van der Waals surface area contributed by atoms with E-state index in [4.69, 9.17) is 15.0 Å². The smallest absolute Gasteiger partial charge is 0.295 e. The van der Waals surface area contributed by atoms with Gasteiger partial charge in [-0.15, -0.1) is 0 Å². The number of aryl methyl sites for hydroxylation is 1. The van der Waals surface area contributed by atoms with Crippen molar-refractivity contribution in [3.05, 3.63) is 11.7 Å². The average Bonchev–Trinajstić information content (AvgIpc) is 2.75. The largest absolute Gasteiger partial charge is 0.373 e. The minimum Gasteiger partial charge on any atom is -0.373 e. The van der Waals surface area contributed by atoms with E-state index in [1.165, 1.54) is 0 Å². The molecule has 0 aliphatic carbocycles. The van der Waals surface area contributed by atoms with Crippen molar-refractivity contribution < 1.29 is 14.1 Å². The highest BCUT2D eigenvalue weighted by Crippen LogP contribution is 2.10. The lowest BCUT2D eigenvalue weighted by atomic mass is 10.1. The number of amides is 1. The molecule has 1 aliphatic rings. The first kappa shape index (κ1) is 12.0. The molecule has 1 aliphatic heterocycles. The highest BCUT2D eigenvalue weighted by Gasteiger charge is 2.29. The Hall–Kier alpha value is -1.47. The van der Waals surface area contributed by atoms with E-state index in [1.54, 1.807) is 11.8 Å². The Labute approximate surface area is 98.9 Å². The number of nitrogens with two attached hydrogens (primary N) is 1. The van der Waals surface area contributed by atoms with Crippen LogP contribution in [0, 0.1) is 6.92 Å². The molecule has 17 heavy (non-hydrogen) atoms. The van der Waals surface area contributed by atoms with E-state index in [1.807, 2.05) is 6.92 Å². The number of hydrogen-bond acceptors (Lipinski definition) is 6. The zero-order valence-electron chi connectivity index (χ0n) is 9.92. The third-order valence-corrected chi connectivity index (χ3v) is 2.69. The molecule has 7 nitrogen and oxygen atoms in total. The number of carbonyl (C=O) groups is 1. The summed E-state index contributed by atoms with van der Waals surface area (Å²) < 4.78 is 10.3. The van der Waals surface area contributed by atoms with Crippen LogP contribution in [0.5, 0.6) is 0 Å². The van der Waals surface area contributed by atoms with Gasteiger partial charge < -0.3 is 19.9 Å². The molecular formula is C10H16N4O3. The van der Waals surface area contributed by atoms with Crippen molar-refractivity contribution in [2.75, 3.05) is 19.7 Å². The molecule has 1 fully saturated rings. The SMILES string of the molecule is Cc1nc(C(=O)N2CCOC(C(C)N)C2)no1. The van der Waals surface area contributed by atoms with Crippen LogP contribution in [0.2, 0.25) is 0 Å². The molecule has 0 saturated carbocycles. The predicted molar refractivity (Wildman–Crippen MR) is 58.3 cm³/mol. The summed E-state index contributed by atoms with van der Waals surface area (Å²) in [6, 6.07) is -0.113. The summed E-state index contributed by atoms with van der Waals surface area (Å²) >= 11 is 0. The van der Waals surface area contributed by atoms with Crippen LogP contribution in [-0.2, 0) is 4.74 Å². The molecular weight excluding hydrogens is 224 g/mol. The van der Waals surface area contributed by atoms with Gasteiger partial charge in [-0.05, 0) is 6.92 Å². The first-order chi connectivity index (χ1) is 8.08. The maximum Gasteiger partial charge on any atom is 0.295 e. The van der Waals surface area contributed by atoms with Crippen molar-refractivity contribution in [2.24, 2.45) is 5.73 Å². The molecule has 1 saturated heterocycles. The van der Waals surface area contributed by atoms with Crippen molar-refractivity contribution in [1.29, 1.82) is 0 Å². The summed E-state index contributed by atoms with van der Waals surface area (Å²) in [6.07, 6.45) is -0.138. The Morgan fingerprint density at radius 1 is 1.65 bits per heavy atom. The lowest BCUT2D eigenvalue weighted by Crippen LogP contribution is -2.51. The molecule has 2 N–H and O–H groups in total. The fourth-order valence-corrected chi connectivity index (χ4v) is 1.71. The van der Waals surface area contributed by atoms with Crippen LogP contribution in [-0.4, -0.2) is 52.8 Å². The number of morpholine rings is 1. The quantitative estimate of drug-likeness (QED) is 0.753. The van der Waals surface area contributed by atoms with Gasteiger partial charge >= 0.3 is 0 Å². The van der Waals surface area contributed by atoms with Gasteiger partial charge in [0.05, 0.1) is 12.7 Å². The van der Waals surface area contributed by atoms with Crippen LogP contribution in [0.3, 0.4) is 0 Å². The second-order valence-electron chi connectivity index (χ2n) is 4.16. The number of carbonyl (C=O) groups excluding carboxylic acids is 1. The molecule has 1 aromatic rings. The van der Waals surface area contributed by atoms with E-state index in [0.29, 0.717) is 25.6 Å². The summed E-state index contributed by atoms with van der Waals surface area (Å²) in [5.74, 6) is 0.231. The molecule has 0 spiro atoms. The fraction of sp³-hybridized carbons (Fsp3) is 0.700. The number of hydrogen-bond donors (Lipinski definition) is 1. The fourth-order valence-electron chi connectivity index (χ4n) is 1.71. The molecule has 0 bridgehead atoms. The van der Waals surface area contributed by atoms with Gasteiger partial charge in [-0.1, -0.05) is 5.16 Å². The molecule has 1 aromatic heterocycles. The van der Waals surface area contributed by atoms with Gasteiger partial charge in [0.2, 0.25) is 5.89 Å². The Morgan fingerprint density at radius 3 is 3.00 bits per heavy atom. The first-order valence-corrected chi connectivity index (χ1v) is 5.54. The zero-order valence-corrected chi connectivity index (χ0v) is 9.92. The summed E-state index contributed by atoms with van der Waals surface area (Å²) in [7, 11) is 0. The molecule has 2 heterocycles. The Balaban J connectivity index is 2.04. The maximum absolute atomic E-state index is 12.0. The van der Waals surface area contributed by atoms with Crippen LogP contribution in [0.1, 0.15) is 23.4 Å². The van der Waals surface area contributed by atoms with Gasteiger partial charge in [0.15, 0.2) is 0 Å². The van der Waals surface area contributed by atoms with E-state index in [-0.39, 0.29) is 23.9 Å². The predicted octanol–water partition coefficient (Wildman–Crippen LogP) is -0.434. The average molecular weight is 240 g/mol. The van der Waals surface area contributed by atoms with Crippen molar-refractivity contribution in [2.45, 2.75) is 26.0 Å². The molecule has 2 unspecified atom stereocenters. The molecule has 0 aromatic carbocycles. The van der Waals surface area contributed by atoms with Gasteiger partial charge in [0.25, 0.3) is 11.7 Å². The standard InChI is InChI=1S/C10H16N4O3/c1-6(11)8-5-14(3-4-16-8)10(15)9-12-7(2)17-13-9/h6,8H,3-5,11H2,1-2H3. The van der Waals surface area contributed by atoms with Crippen LogP contribution in [0.25, 0.3) is 0 Å². The molecule has 1 amide bonds. The minimum absolute atomic E-state index is 0.0906. The van der Waals surface area contributed by atoms with E-state index in [2.05, 4.69) is 10.1 Å². The molecule has 7 heteroatoms. The van der Waals surface area contributed by atoms with Crippen LogP contribution >= 0.6 is 0 Å². The lowest BCUT2D eigenvalue weighted by molar-refractivity contribution is -0.0304. The second kappa shape index (κ2) is 4.80. The van der Waals surface area contributed by atoms with E-state index >= 15 is 0 Å². The van der Waals surface area contributed by atoms with Gasteiger partial charge in [-0.25, -0.2) is 0 Å².